The lowest BCUT2D eigenvalue weighted by Gasteiger charge is -2.45. The molecule has 7 nitrogen and oxygen atoms in total. The van der Waals surface area contributed by atoms with Crippen molar-refractivity contribution in [3.8, 4) is 5.75 Å². The van der Waals surface area contributed by atoms with Crippen LogP contribution < -0.4 is 4.74 Å². The lowest BCUT2D eigenvalue weighted by atomic mass is 9.78. The Morgan fingerprint density at radius 2 is 1.64 bits per heavy atom. The summed E-state index contributed by atoms with van der Waals surface area (Å²) in [5.74, 6) is -1.06. The molecule has 3 heterocycles. The van der Waals surface area contributed by atoms with Crippen LogP contribution in [0.5, 0.6) is 5.75 Å². The SMILES string of the molecule is COc1ccc([C@@H]2[C@H](C(=O)N3CCC4(CC3)OCCO4)c3ccccc3C(=O)N2Cc2ccc(F)cc2)cc1. The molecule has 0 saturated carbocycles. The second-order valence-electron chi connectivity index (χ2n) is 10.3. The molecular weight excluding hydrogens is 499 g/mol. The second kappa shape index (κ2) is 10.4. The maximum atomic E-state index is 14.4. The lowest BCUT2D eigenvalue weighted by Crippen LogP contribution is -2.52. The number of fused-ring (bicyclic) bond motifs is 1. The topological polar surface area (TPSA) is 68.3 Å². The normalized spacial score (nSPS) is 22.2. The van der Waals surface area contributed by atoms with Gasteiger partial charge in [0.1, 0.15) is 11.6 Å². The van der Waals surface area contributed by atoms with Gasteiger partial charge in [-0.05, 0) is 47.0 Å². The van der Waals surface area contributed by atoms with Gasteiger partial charge in [-0.3, -0.25) is 9.59 Å². The van der Waals surface area contributed by atoms with E-state index in [1.54, 1.807) is 30.2 Å². The van der Waals surface area contributed by atoms with E-state index in [-0.39, 0.29) is 24.2 Å². The van der Waals surface area contributed by atoms with Crippen molar-refractivity contribution in [2.24, 2.45) is 0 Å². The zero-order chi connectivity index (χ0) is 27.0. The minimum absolute atomic E-state index is 0.0345. The van der Waals surface area contributed by atoms with Gasteiger partial charge in [0.25, 0.3) is 5.91 Å². The summed E-state index contributed by atoms with van der Waals surface area (Å²) < 4.78 is 30.8. The van der Waals surface area contributed by atoms with Crippen LogP contribution in [0.4, 0.5) is 4.39 Å². The summed E-state index contributed by atoms with van der Waals surface area (Å²) >= 11 is 0. The van der Waals surface area contributed by atoms with E-state index < -0.39 is 17.7 Å². The summed E-state index contributed by atoms with van der Waals surface area (Å²) in [5.41, 5.74) is 2.84. The molecule has 0 unspecified atom stereocenters. The molecule has 2 fully saturated rings. The number of halogens is 1. The molecule has 6 rings (SSSR count). The molecule has 202 valence electrons. The molecule has 1 spiro atoms. The van der Waals surface area contributed by atoms with Crippen LogP contribution in [0.3, 0.4) is 0 Å². The fourth-order valence-corrected chi connectivity index (χ4v) is 6.04. The Morgan fingerprint density at radius 3 is 2.31 bits per heavy atom. The minimum atomic E-state index is -0.618. The van der Waals surface area contributed by atoms with Gasteiger partial charge in [-0.1, -0.05) is 42.5 Å². The molecule has 0 aromatic heterocycles. The number of ether oxygens (including phenoxy) is 3. The first-order valence-electron chi connectivity index (χ1n) is 13.3. The van der Waals surface area contributed by atoms with Crippen molar-refractivity contribution >= 4 is 11.8 Å². The highest BCUT2D eigenvalue weighted by molar-refractivity contribution is 6.01. The first-order chi connectivity index (χ1) is 19.0. The first kappa shape index (κ1) is 25.5. The third-order valence-corrected chi connectivity index (χ3v) is 8.08. The maximum Gasteiger partial charge on any atom is 0.255 e. The van der Waals surface area contributed by atoms with Gasteiger partial charge in [-0.2, -0.15) is 0 Å². The van der Waals surface area contributed by atoms with Crippen LogP contribution in [0.15, 0.2) is 72.8 Å². The highest BCUT2D eigenvalue weighted by atomic mass is 19.1. The molecule has 3 aromatic rings. The summed E-state index contributed by atoms with van der Waals surface area (Å²) in [6.07, 6.45) is 1.22. The van der Waals surface area contributed by atoms with Gasteiger partial charge in [-0.15, -0.1) is 0 Å². The van der Waals surface area contributed by atoms with Crippen LogP contribution in [-0.4, -0.2) is 60.8 Å². The zero-order valence-corrected chi connectivity index (χ0v) is 21.8. The Kier molecular flexibility index (Phi) is 6.83. The molecule has 39 heavy (non-hydrogen) atoms. The van der Waals surface area contributed by atoms with E-state index in [9.17, 15) is 14.0 Å². The number of nitrogens with zero attached hydrogens (tertiary/aromatic N) is 2. The van der Waals surface area contributed by atoms with Gasteiger partial charge in [0.2, 0.25) is 5.91 Å². The number of piperidine rings is 1. The van der Waals surface area contributed by atoms with E-state index in [2.05, 4.69) is 0 Å². The van der Waals surface area contributed by atoms with Crippen LogP contribution in [-0.2, 0) is 20.8 Å². The summed E-state index contributed by atoms with van der Waals surface area (Å²) in [6, 6.07) is 20.4. The smallest absolute Gasteiger partial charge is 0.255 e. The predicted molar refractivity (Wildman–Crippen MR) is 142 cm³/mol. The van der Waals surface area contributed by atoms with E-state index in [0.717, 1.165) is 16.7 Å². The molecule has 0 radical (unpaired) electrons. The number of hydrogen-bond donors (Lipinski definition) is 0. The van der Waals surface area contributed by atoms with E-state index in [4.69, 9.17) is 14.2 Å². The van der Waals surface area contributed by atoms with Crippen LogP contribution in [0.2, 0.25) is 0 Å². The Labute approximate surface area is 227 Å². The average Bonchev–Trinajstić information content (AvgIpc) is 3.43. The third-order valence-electron chi connectivity index (χ3n) is 8.08. The van der Waals surface area contributed by atoms with Crippen LogP contribution in [0, 0.1) is 5.82 Å². The molecule has 2 atom stereocenters. The van der Waals surface area contributed by atoms with Gasteiger partial charge in [0.15, 0.2) is 5.79 Å². The summed E-state index contributed by atoms with van der Waals surface area (Å²) in [7, 11) is 1.60. The summed E-state index contributed by atoms with van der Waals surface area (Å²) in [6.45, 7) is 2.41. The van der Waals surface area contributed by atoms with Crippen molar-refractivity contribution < 1.29 is 28.2 Å². The van der Waals surface area contributed by atoms with Crippen molar-refractivity contribution in [2.75, 3.05) is 33.4 Å². The number of benzene rings is 3. The van der Waals surface area contributed by atoms with Gasteiger partial charge < -0.3 is 24.0 Å². The largest absolute Gasteiger partial charge is 0.497 e. The Hall–Kier alpha value is -3.75. The molecule has 3 aliphatic rings. The average molecular weight is 531 g/mol. The Morgan fingerprint density at radius 1 is 0.974 bits per heavy atom. The number of carbonyl (C=O) groups excluding carboxylic acids is 2. The second-order valence-corrected chi connectivity index (χ2v) is 10.3. The zero-order valence-electron chi connectivity index (χ0n) is 21.8. The van der Waals surface area contributed by atoms with Crippen molar-refractivity contribution in [2.45, 2.75) is 37.1 Å². The number of likely N-dealkylation sites (tertiary alicyclic amines) is 1. The van der Waals surface area contributed by atoms with Crippen LogP contribution >= 0.6 is 0 Å². The highest BCUT2D eigenvalue weighted by Crippen LogP contribution is 2.45. The maximum absolute atomic E-state index is 14.4. The van der Waals surface area contributed by atoms with Crippen LogP contribution in [0.1, 0.15) is 51.8 Å². The van der Waals surface area contributed by atoms with E-state index in [0.29, 0.717) is 50.5 Å². The van der Waals surface area contributed by atoms with Crippen LogP contribution in [0.25, 0.3) is 0 Å². The molecule has 2 amide bonds. The molecular formula is C31H31FN2O5. The summed E-state index contributed by atoms with van der Waals surface area (Å²) in [4.78, 5) is 32.0. The van der Waals surface area contributed by atoms with Crippen molar-refractivity contribution in [1.82, 2.24) is 9.80 Å². The minimum Gasteiger partial charge on any atom is -0.497 e. The quantitative estimate of drug-likeness (QED) is 0.479. The van der Waals surface area contributed by atoms with Crippen molar-refractivity contribution in [3.63, 3.8) is 0 Å². The fraction of sp³-hybridized carbons (Fsp3) is 0.355. The number of rotatable bonds is 5. The molecule has 3 aromatic carbocycles. The molecule has 3 aliphatic heterocycles. The van der Waals surface area contributed by atoms with E-state index in [1.165, 1.54) is 12.1 Å². The predicted octanol–water partition coefficient (Wildman–Crippen LogP) is 4.68. The summed E-state index contributed by atoms with van der Waals surface area (Å²) in [5, 5.41) is 0. The van der Waals surface area contributed by atoms with Gasteiger partial charge in [0.05, 0.1) is 32.3 Å². The van der Waals surface area contributed by atoms with Gasteiger partial charge >= 0.3 is 0 Å². The highest BCUT2D eigenvalue weighted by Gasteiger charge is 2.47. The first-order valence-corrected chi connectivity index (χ1v) is 13.3. The van der Waals surface area contributed by atoms with Crippen molar-refractivity contribution in [3.05, 3.63) is 101 Å². The molecule has 2 saturated heterocycles. The lowest BCUT2D eigenvalue weighted by molar-refractivity contribution is -0.188. The van der Waals surface area contributed by atoms with Crippen molar-refractivity contribution in [1.29, 1.82) is 0 Å². The molecule has 8 heteroatoms. The number of carbonyl (C=O) groups is 2. The molecule has 0 N–H and O–H groups in total. The van der Waals surface area contributed by atoms with Gasteiger partial charge in [0, 0.05) is 38.0 Å². The number of hydrogen-bond acceptors (Lipinski definition) is 5. The third kappa shape index (κ3) is 4.79. The van der Waals surface area contributed by atoms with Gasteiger partial charge in [-0.25, -0.2) is 4.39 Å². The fourth-order valence-electron chi connectivity index (χ4n) is 6.04. The number of amides is 2. The standard InChI is InChI=1S/C31H31FN2O5/c1-37-24-12-8-22(9-13-24)28-27(30(36)33-16-14-31(15-17-33)38-18-19-39-31)25-4-2-3-5-26(25)29(35)34(28)20-21-6-10-23(32)11-7-21/h2-13,27-28H,14-20H2,1H3/t27-,28-/m1/s1. The Balaban J connectivity index is 1.41. The molecule has 0 aliphatic carbocycles. The number of methoxy groups -OCH3 is 1. The van der Waals surface area contributed by atoms with E-state index in [1.807, 2.05) is 47.4 Å². The monoisotopic (exact) mass is 530 g/mol. The van der Waals surface area contributed by atoms with E-state index >= 15 is 0 Å². The molecule has 0 bridgehead atoms. The Bertz CT molecular complexity index is 1340.